The first-order valence-corrected chi connectivity index (χ1v) is 14.2. The Balaban J connectivity index is 1.31. The standard InChI is InChI=1S/C30H50N2/c1-7-21(3)23-17-31-32(18-23)19-29(4,5)28-13-12-27-26-11-9-22-16-20(2)8-10-24(22)25(26)14-15-30(27,28)6/h17-18,20-22,24-28H,7-16,19H2,1-6H3. The second-order valence-corrected chi connectivity index (χ2v) is 13.8. The number of hydrogen-bond acceptors (Lipinski definition) is 1. The smallest absolute Gasteiger partial charge is 0.0524 e. The molecule has 0 saturated heterocycles. The highest BCUT2D eigenvalue weighted by Gasteiger charge is 2.59. The van der Waals surface area contributed by atoms with E-state index in [1.165, 1.54) is 50.5 Å². The molecule has 0 bridgehead atoms. The van der Waals surface area contributed by atoms with Crippen LogP contribution in [0.25, 0.3) is 0 Å². The lowest BCUT2D eigenvalue weighted by Crippen LogP contribution is -2.50. The van der Waals surface area contributed by atoms with Gasteiger partial charge >= 0.3 is 0 Å². The third-order valence-electron chi connectivity index (χ3n) is 11.6. The largest absolute Gasteiger partial charge is 0.272 e. The summed E-state index contributed by atoms with van der Waals surface area (Å²) in [7, 11) is 0. The van der Waals surface area contributed by atoms with Gasteiger partial charge in [-0.1, -0.05) is 48.0 Å². The van der Waals surface area contributed by atoms with Crippen LogP contribution >= 0.6 is 0 Å². The van der Waals surface area contributed by atoms with Gasteiger partial charge in [0.25, 0.3) is 0 Å². The van der Waals surface area contributed by atoms with Gasteiger partial charge in [-0.05, 0) is 122 Å². The van der Waals surface area contributed by atoms with Gasteiger partial charge in [-0.3, -0.25) is 4.68 Å². The number of rotatable bonds is 5. The summed E-state index contributed by atoms with van der Waals surface area (Å²) in [6.45, 7) is 16.0. The van der Waals surface area contributed by atoms with Crippen molar-refractivity contribution in [1.29, 1.82) is 0 Å². The van der Waals surface area contributed by atoms with Crippen LogP contribution in [0.1, 0.15) is 117 Å². The van der Waals surface area contributed by atoms with Crippen molar-refractivity contribution in [3.63, 3.8) is 0 Å². The molecule has 9 atom stereocenters. The zero-order valence-electron chi connectivity index (χ0n) is 21.9. The molecule has 9 unspecified atom stereocenters. The number of nitrogens with zero attached hydrogens (tertiary/aromatic N) is 2. The van der Waals surface area contributed by atoms with Gasteiger partial charge in [-0.25, -0.2) is 0 Å². The van der Waals surface area contributed by atoms with Gasteiger partial charge in [-0.15, -0.1) is 0 Å². The maximum atomic E-state index is 4.80. The van der Waals surface area contributed by atoms with Gasteiger partial charge in [0.15, 0.2) is 0 Å². The fraction of sp³-hybridized carbons (Fsp3) is 0.900. The first kappa shape index (κ1) is 23.0. The lowest BCUT2D eigenvalue weighted by molar-refractivity contribution is -0.0843. The number of hydrogen-bond donors (Lipinski definition) is 0. The molecule has 0 aliphatic heterocycles. The van der Waals surface area contributed by atoms with Crippen molar-refractivity contribution in [2.45, 2.75) is 118 Å². The summed E-state index contributed by atoms with van der Waals surface area (Å²) in [4.78, 5) is 0. The monoisotopic (exact) mass is 438 g/mol. The van der Waals surface area contributed by atoms with E-state index >= 15 is 0 Å². The predicted molar refractivity (Wildman–Crippen MR) is 134 cm³/mol. The van der Waals surface area contributed by atoms with E-state index in [2.05, 4.69) is 58.6 Å². The zero-order valence-corrected chi connectivity index (χ0v) is 21.9. The molecule has 32 heavy (non-hydrogen) atoms. The lowest BCUT2D eigenvalue weighted by Gasteiger charge is -2.57. The second kappa shape index (κ2) is 8.46. The SMILES string of the molecule is CCC(C)c1cnn(CC(C)(C)C2CCC3C4CCC5CC(C)CCC5C4CCC32C)c1. The molecule has 0 radical (unpaired) electrons. The van der Waals surface area contributed by atoms with Crippen molar-refractivity contribution in [1.82, 2.24) is 9.78 Å². The van der Waals surface area contributed by atoms with Crippen LogP contribution in [0.4, 0.5) is 0 Å². The average Bonchev–Trinajstić information content (AvgIpc) is 3.36. The van der Waals surface area contributed by atoms with E-state index in [4.69, 9.17) is 5.10 Å². The van der Waals surface area contributed by atoms with Gasteiger partial charge in [0, 0.05) is 12.7 Å². The van der Waals surface area contributed by atoms with E-state index in [0.717, 1.165) is 48.0 Å². The summed E-state index contributed by atoms with van der Waals surface area (Å²) in [6.07, 6.45) is 19.3. The van der Waals surface area contributed by atoms with Crippen LogP contribution in [0.3, 0.4) is 0 Å². The minimum absolute atomic E-state index is 0.312. The molecule has 1 aromatic rings. The van der Waals surface area contributed by atoms with Crippen molar-refractivity contribution in [2.24, 2.45) is 52.3 Å². The number of aromatic nitrogens is 2. The van der Waals surface area contributed by atoms with E-state index in [1.54, 1.807) is 19.3 Å². The van der Waals surface area contributed by atoms with Crippen molar-refractivity contribution in [2.75, 3.05) is 0 Å². The highest BCUT2D eigenvalue weighted by Crippen LogP contribution is 2.67. The second-order valence-electron chi connectivity index (χ2n) is 13.8. The quantitative estimate of drug-likeness (QED) is 0.452. The molecule has 1 heterocycles. The van der Waals surface area contributed by atoms with Crippen LogP contribution < -0.4 is 0 Å². The predicted octanol–water partition coefficient (Wildman–Crippen LogP) is 8.33. The van der Waals surface area contributed by atoms with Crippen molar-refractivity contribution < 1.29 is 0 Å². The molecule has 4 aliphatic rings. The maximum absolute atomic E-state index is 4.80. The molecular weight excluding hydrogens is 388 g/mol. The van der Waals surface area contributed by atoms with Crippen LogP contribution in [0, 0.1) is 52.3 Å². The Morgan fingerprint density at radius 1 is 1.06 bits per heavy atom. The molecule has 2 nitrogen and oxygen atoms in total. The van der Waals surface area contributed by atoms with E-state index < -0.39 is 0 Å². The molecule has 4 aliphatic carbocycles. The summed E-state index contributed by atoms with van der Waals surface area (Å²) in [5.41, 5.74) is 2.27. The summed E-state index contributed by atoms with van der Waals surface area (Å²) in [5.74, 6) is 7.66. The third kappa shape index (κ3) is 3.80. The molecule has 5 rings (SSSR count). The minimum Gasteiger partial charge on any atom is -0.272 e. The van der Waals surface area contributed by atoms with Gasteiger partial charge in [0.05, 0.1) is 6.20 Å². The van der Waals surface area contributed by atoms with E-state index in [9.17, 15) is 0 Å². The van der Waals surface area contributed by atoms with Crippen LogP contribution in [0.2, 0.25) is 0 Å². The molecule has 0 spiro atoms. The van der Waals surface area contributed by atoms with E-state index in [-0.39, 0.29) is 0 Å². The fourth-order valence-corrected chi connectivity index (χ4v) is 9.86. The Labute approximate surface area is 198 Å². The Bertz CT molecular complexity index is 793. The Morgan fingerprint density at radius 3 is 2.62 bits per heavy atom. The molecule has 4 saturated carbocycles. The van der Waals surface area contributed by atoms with Crippen molar-refractivity contribution in [3.05, 3.63) is 18.0 Å². The molecule has 4 fully saturated rings. The zero-order chi connectivity index (χ0) is 22.7. The molecule has 0 aromatic carbocycles. The van der Waals surface area contributed by atoms with Crippen LogP contribution in [-0.2, 0) is 6.54 Å². The molecule has 180 valence electrons. The van der Waals surface area contributed by atoms with Crippen molar-refractivity contribution >= 4 is 0 Å². The highest BCUT2D eigenvalue weighted by atomic mass is 15.3. The Hall–Kier alpha value is -0.790. The van der Waals surface area contributed by atoms with Crippen LogP contribution in [0.15, 0.2) is 12.4 Å². The van der Waals surface area contributed by atoms with Crippen LogP contribution in [-0.4, -0.2) is 9.78 Å². The fourth-order valence-electron chi connectivity index (χ4n) is 9.86. The summed E-state index contributed by atoms with van der Waals surface area (Å²) in [5, 5.41) is 4.80. The Kier molecular flexibility index (Phi) is 6.07. The molecule has 1 aromatic heterocycles. The van der Waals surface area contributed by atoms with Crippen LogP contribution in [0.5, 0.6) is 0 Å². The summed E-state index contributed by atoms with van der Waals surface area (Å²) >= 11 is 0. The first-order chi connectivity index (χ1) is 15.2. The first-order valence-electron chi connectivity index (χ1n) is 14.2. The van der Waals surface area contributed by atoms with E-state index in [0.29, 0.717) is 16.7 Å². The van der Waals surface area contributed by atoms with Gasteiger partial charge in [0.2, 0.25) is 0 Å². The maximum Gasteiger partial charge on any atom is 0.0524 e. The van der Waals surface area contributed by atoms with Gasteiger partial charge in [-0.2, -0.15) is 5.10 Å². The normalized spacial score (nSPS) is 42.8. The molecule has 0 N–H and O–H groups in total. The third-order valence-corrected chi connectivity index (χ3v) is 11.6. The Morgan fingerprint density at radius 2 is 1.84 bits per heavy atom. The van der Waals surface area contributed by atoms with Gasteiger partial charge < -0.3 is 0 Å². The molecular formula is C30H50N2. The highest BCUT2D eigenvalue weighted by molar-refractivity contribution is 5.11. The topological polar surface area (TPSA) is 17.8 Å². The summed E-state index contributed by atoms with van der Waals surface area (Å²) < 4.78 is 2.28. The minimum atomic E-state index is 0.312. The summed E-state index contributed by atoms with van der Waals surface area (Å²) in [6, 6.07) is 0. The number of fused-ring (bicyclic) bond motifs is 5. The van der Waals surface area contributed by atoms with Crippen molar-refractivity contribution in [3.8, 4) is 0 Å². The van der Waals surface area contributed by atoms with Gasteiger partial charge in [0.1, 0.15) is 0 Å². The molecule has 0 amide bonds. The lowest BCUT2D eigenvalue weighted by atomic mass is 9.48. The van der Waals surface area contributed by atoms with E-state index in [1.807, 2.05) is 0 Å². The average molecular weight is 439 g/mol. The molecule has 2 heteroatoms.